The third-order valence-corrected chi connectivity index (χ3v) is 2.80. The molecule has 4 nitrogen and oxygen atoms in total. The predicted octanol–water partition coefficient (Wildman–Crippen LogP) is 3.19. The Morgan fingerprint density at radius 2 is 2.00 bits per heavy atom. The fourth-order valence-corrected chi connectivity index (χ4v) is 1.65. The standard InChI is InChI=1S/C13H21ClN2O2/c1-5-7-11-15-12(14)10(4)13(16-11)18-9(3)8-17-6-2/h9H,5-8H2,1-4H3. The van der Waals surface area contributed by atoms with E-state index >= 15 is 0 Å². The van der Waals surface area contributed by atoms with E-state index in [1.54, 1.807) is 0 Å². The van der Waals surface area contributed by atoms with Gasteiger partial charge in [0.15, 0.2) is 0 Å². The molecule has 0 radical (unpaired) electrons. The van der Waals surface area contributed by atoms with Gasteiger partial charge in [-0.1, -0.05) is 18.5 Å². The Morgan fingerprint density at radius 3 is 2.61 bits per heavy atom. The van der Waals surface area contributed by atoms with Crippen LogP contribution in [0.15, 0.2) is 0 Å². The predicted molar refractivity (Wildman–Crippen MR) is 72.4 cm³/mol. The van der Waals surface area contributed by atoms with Gasteiger partial charge in [0.1, 0.15) is 17.1 Å². The van der Waals surface area contributed by atoms with Crippen LogP contribution in [-0.2, 0) is 11.2 Å². The zero-order valence-electron chi connectivity index (χ0n) is 11.5. The van der Waals surface area contributed by atoms with E-state index in [9.17, 15) is 0 Å². The maximum Gasteiger partial charge on any atom is 0.221 e. The van der Waals surface area contributed by atoms with Crippen LogP contribution in [0, 0.1) is 6.92 Å². The van der Waals surface area contributed by atoms with Gasteiger partial charge >= 0.3 is 0 Å². The van der Waals surface area contributed by atoms with Gasteiger partial charge in [-0.25, -0.2) is 4.98 Å². The lowest BCUT2D eigenvalue weighted by Gasteiger charge is -2.16. The van der Waals surface area contributed by atoms with Crippen molar-refractivity contribution >= 4 is 11.6 Å². The summed E-state index contributed by atoms with van der Waals surface area (Å²) in [7, 11) is 0. The third kappa shape index (κ3) is 4.42. The van der Waals surface area contributed by atoms with Crippen molar-refractivity contribution in [3.8, 4) is 5.88 Å². The molecule has 0 saturated heterocycles. The second kappa shape index (κ2) is 7.54. The van der Waals surface area contributed by atoms with Gasteiger partial charge in [0.2, 0.25) is 5.88 Å². The number of nitrogens with zero attached hydrogens (tertiary/aromatic N) is 2. The Morgan fingerprint density at radius 1 is 1.28 bits per heavy atom. The van der Waals surface area contributed by atoms with Crippen LogP contribution < -0.4 is 4.74 Å². The summed E-state index contributed by atoms with van der Waals surface area (Å²) in [5.41, 5.74) is 0.778. The number of hydrogen-bond donors (Lipinski definition) is 0. The van der Waals surface area contributed by atoms with Gasteiger partial charge in [0.25, 0.3) is 0 Å². The van der Waals surface area contributed by atoms with E-state index in [1.165, 1.54) is 0 Å². The minimum atomic E-state index is -0.0518. The lowest BCUT2D eigenvalue weighted by atomic mass is 10.3. The van der Waals surface area contributed by atoms with E-state index < -0.39 is 0 Å². The van der Waals surface area contributed by atoms with Crippen molar-refractivity contribution in [1.82, 2.24) is 9.97 Å². The van der Waals surface area contributed by atoms with E-state index in [0.29, 0.717) is 24.2 Å². The summed E-state index contributed by atoms with van der Waals surface area (Å²) in [5.74, 6) is 1.29. The Bertz CT molecular complexity index is 385. The van der Waals surface area contributed by atoms with E-state index in [-0.39, 0.29) is 6.10 Å². The average molecular weight is 273 g/mol. The highest BCUT2D eigenvalue weighted by Crippen LogP contribution is 2.23. The first-order valence-electron chi connectivity index (χ1n) is 6.35. The van der Waals surface area contributed by atoms with Crippen molar-refractivity contribution in [1.29, 1.82) is 0 Å². The van der Waals surface area contributed by atoms with Gasteiger partial charge in [-0.15, -0.1) is 0 Å². The van der Waals surface area contributed by atoms with Crippen LogP contribution in [0.2, 0.25) is 5.15 Å². The SMILES string of the molecule is CCCc1nc(Cl)c(C)c(OC(C)COCC)n1. The first-order chi connectivity index (χ1) is 8.58. The van der Waals surface area contributed by atoms with Gasteiger partial charge in [-0.2, -0.15) is 4.98 Å². The molecular formula is C13H21ClN2O2. The Kier molecular flexibility index (Phi) is 6.36. The maximum absolute atomic E-state index is 6.08. The number of halogens is 1. The fourth-order valence-electron chi connectivity index (χ4n) is 1.47. The molecule has 0 spiro atoms. The molecule has 0 aliphatic rings. The molecule has 1 unspecified atom stereocenters. The molecule has 18 heavy (non-hydrogen) atoms. The summed E-state index contributed by atoms with van der Waals surface area (Å²) in [5, 5.41) is 0.465. The summed E-state index contributed by atoms with van der Waals surface area (Å²) >= 11 is 6.08. The van der Waals surface area contributed by atoms with Gasteiger partial charge in [-0.3, -0.25) is 0 Å². The molecule has 0 fully saturated rings. The average Bonchev–Trinajstić information content (AvgIpc) is 2.33. The highest BCUT2D eigenvalue weighted by Gasteiger charge is 2.13. The topological polar surface area (TPSA) is 44.2 Å². The number of hydrogen-bond acceptors (Lipinski definition) is 4. The lowest BCUT2D eigenvalue weighted by molar-refractivity contribution is 0.0627. The van der Waals surface area contributed by atoms with E-state index in [2.05, 4.69) is 16.9 Å². The summed E-state index contributed by atoms with van der Waals surface area (Å²) in [6.07, 6.45) is 1.73. The number of ether oxygens (including phenoxy) is 2. The molecular weight excluding hydrogens is 252 g/mol. The molecule has 0 amide bonds. The van der Waals surface area contributed by atoms with Crippen LogP contribution in [0.4, 0.5) is 0 Å². The first kappa shape index (κ1) is 15.2. The molecule has 0 aromatic carbocycles. The van der Waals surface area contributed by atoms with Gasteiger partial charge < -0.3 is 9.47 Å². The third-order valence-electron chi connectivity index (χ3n) is 2.43. The molecule has 1 heterocycles. The van der Waals surface area contributed by atoms with Crippen molar-refractivity contribution in [3.63, 3.8) is 0 Å². The number of aryl methyl sites for hydroxylation is 1. The zero-order chi connectivity index (χ0) is 13.5. The summed E-state index contributed by atoms with van der Waals surface area (Å²) in [6.45, 7) is 9.07. The Balaban J connectivity index is 2.79. The Labute approximate surface area is 114 Å². The molecule has 0 saturated carbocycles. The second-order valence-electron chi connectivity index (χ2n) is 4.20. The molecule has 0 N–H and O–H groups in total. The highest BCUT2D eigenvalue weighted by molar-refractivity contribution is 6.30. The monoisotopic (exact) mass is 272 g/mol. The minimum absolute atomic E-state index is 0.0518. The minimum Gasteiger partial charge on any atom is -0.472 e. The molecule has 5 heteroatoms. The summed E-state index contributed by atoms with van der Waals surface area (Å²) < 4.78 is 11.1. The largest absolute Gasteiger partial charge is 0.472 e. The Hall–Kier alpha value is -0.870. The smallest absolute Gasteiger partial charge is 0.221 e. The molecule has 1 aromatic rings. The molecule has 0 aliphatic carbocycles. The summed E-state index contributed by atoms with van der Waals surface area (Å²) in [6, 6.07) is 0. The second-order valence-corrected chi connectivity index (χ2v) is 4.56. The van der Waals surface area contributed by atoms with Gasteiger partial charge in [0, 0.05) is 18.6 Å². The van der Waals surface area contributed by atoms with Crippen molar-refractivity contribution in [2.75, 3.05) is 13.2 Å². The number of aromatic nitrogens is 2. The van der Waals surface area contributed by atoms with Crippen LogP contribution in [0.3, 0.4) is 0 Å². The molecule has 1 rings (SSSR count). The molecule has 1 aromatic heterocycles. The molecule has 0 aliphatic heterocycles. The molecule has 102 valence electrons. The van der Waals surface area contributed by atoms with Gasteiger partial charge in [-0.05, 0) is 27.2 Å². The van der Waals surface area contributed by atoms with E-state index in [1.807, 2.05) is 20.8 Å². The highest BCUT2D eigenvalue weighted by atomic mass is 35.5. The van der Waals surface area contributed by atoms with Crippen LogP contribution in [0.1, 0.15) is 38.6 Å². The van der Waals surface area contributed by atoms with Crippen molar-refractivity contribution < 1.29 is 9.47 Å². The first-order valence-corrected chi connectivity index (χ1v) is 6.73. The van der Waals surface area contributed by atoms with Crippen LogP contribution in [-0.4, -0.2) is 29.3 Å². The van der Waals surface area contributed by atoms with Crippen molar-refractivity contribution in [2.45, 2.75) is 46.6 Å². The maximum atomic E-state index is 6.08. The molecule has 1 atom stereocenters. The van der Waals surface area contributed by atoms with Crippen LogP contribution in [0.5, 0.6) is 5.88 Å². The quantitative estimate of drug-likeness (QED) is 0.715. The summed E-state index contributed by atoms with van der Waals surface area (Å²) in [4.78, 5) is 8.63. The van der Waals surface area contributed by atoms with Crippen LogP contribution >= 0.6 is 11.6 Å². The normalized spacial score (nSPS) is 12.5. The zero-order valence-corrected chi connectivity index (χ0v) is 12.3. The van der Waals surface area contributed by atoms with Gasteiger partial charge in [0.05, 0.1) is 6.61 Å². The number of rotatable bonds is 7. The van der Waals surface area contributed by atoms with Crippen LogP contribution in [0.25, 0.3) is 0 Å². The van der Waals surface area contributed by atoms with E-state index in [4.69, 9.17) is 21.1 Å². The molecule has 0 bridgehead atoms. The van der Waals surface area contributed by atoms with Crippen molar-refractivity contribution in [3.05, 3.63) is 16.5 Å². The fraction of sp³-hybridized carbons (Fsp3) is 0.692. The van der Waals surface area contributed by atoms with Crippen molar-refractivity contribution in [2.24, 2.45) is 0 Å². The van der Waals surface area contributed by atoms with E-state index in [0.717, 1.165) is 24.2 Å². The lowest BCUT2D eigenvalue weighted by Crippen LogP contribution is -2.20.